The van der Waals surface area contributed by atoms with E-state index in [0.717, 1.165) is 11.8 Å². The first-order chi connectivity index (χ1) is 10.7. The summed E-state index contributed by atoms with van der Waals surface area (Å²) >= 11 is 0. The van der Waals surface area contributed by atoms with Crippen molar-refractivity contribution < 1.29 is 12.8 Å². The van der Waals surface area contributed by atoms with Crippen LogP contribution in [0.25, 0.3) is 0 Å². The molecule has 1 aromatic carbocycles. The summed E-state index contributed by atoms with van der Waals surface area (Å²) < 4.78 is 42.9. The molecule has 0 radical (unpaired) electrons. The lowest BCUT2D eigenvalue weighted by molar-refractivity contribution is 0.289. The van der Waals surface area contributed by atoms with Crippen LogP contribution < -0.4 is 4.72 Å². The van der Waals surface area contributed by atoms with E-state index in [4.69, 9.17) is 0 Å². The number of hydrogen-bond donors (Lipinski definition) is 1. The number of hydrogen-bond acceptors (Lipinski definition) is 3. The Kier molecular flexibility index (Phi) is 5.23. The number of nitrogens with zero attached hydrogens (tertiary/aromatic N) is 2. The van der Waals surface area contributed by atoms with Crippen molar-refractivity contribution in [3.8, 4) is 0 Å². The van der Waals surface area contributed by atoms with Gasteiger partial charge < -0.3 is 4.57 Å². The average Bonchev–Trinajstić information content (AvgIpc) is 2.87. The lowest BCUT2D eigenvalue weighted by atomic mass is 10.2. The zero-order valence-corrected chi connectivity index (χ0v) is 14.6. The third-order valence-corrected chi connectivity index (χ3v) is 5.42. The molecule has 5 nitrogen and oxygen atoms in total. The van der Waals surface area contributed by atoms with Crippen LogP contribution in [0.2, 0.25) is 0 Å². The van der Waals surface area contributed by atoms with Gasteiger partial charge in [-0.2, -0.15) is 0 Å². The van der Waals surface area contributed by atoms with Gasteiger partial charge in [0.25, 0.3) is 0 Å². The molecule has 2 aromatic rings. The highest BCUT2D eigenvalue weighted by atomic mass is 32.2. The Balaban J connectivity index is 2.23. The second kappa shape index (κ2) is 6.82. The van der Waals surface area contributed by atoms with Crippen LogP contribution in [-0.4, -0.2) is 38.5 Å². The predicted molar refractivity (Wildman–Crippen MR) is 88.2 cm³/mol. The van der Waals surface area contributed by atoms with Crippen molar-refractivity contribution in [1.82, 2.24) is 14.2 Å². The molecule has 0 spiro atoms. The van der Waals surface area contributed by atoms with Crippen molar-refractivity contribution >= 4 is 10.0 Å². The molecule has 126 valence electrons. The first-order valence-corrected chi connectivity index (χ1v) is 8.74. The van der Waals surface area contributed by atoms with Crippen LogP contribution >= 0.6 is 0 Å². The summed E-state index contributed by atoms with van der Waals surface area (Å²) in [4.78, 5) is 1.91. The molecule has 1 unspecified atom stereocenters. The fourth-order valence-corrected chi connectivity index (χ4v) is 3.79. The largest absolute Gasteiger partial charge is 0.353 e. The number of aromatic nitrogens is 1. The van der Waals surface area contributed by atoms with Crippen LogP contribution in [0.1, 0.15) is 17.3 Å². The number of halogens is 1. The maximum atomic E-state index is 13.4. The summed E-state index contributed by atoms with van der Waals surface area (Å²) in [5.41, 5.74) is 1.51. The molecule has 0 aliphatic heterocycles. The van der Waals surface area contributed by atoms with Gasteiger partial charge in [0, 0.05) is 25.5 Å². The maximum Gasteiger partial charge on any atom is 0.240 e. The Morgan fingerprint density at radius 2 is 2.00 bits per heavy atom. The number of nitrogens with one attached hydrogen (secondary N) is 1. The molecule has 1 atom stereocenters. The van der Waals surface area contributed by atoms with E-state index in [1.54, 1.807) is 6.92 Å². The maximum absolute atomic E-state index is 13.4. The van der Waals surface area contributed by atoms with Crippen LogP contribution in [-0.2, 0) is 17.1 Å². The second-order valence-corrected chi connectivity index (χ2v) is 7.52. The molecule has 0 amide bonds. The predicted octanol–water partition coefficient (Wildman–Crippen LogP) is 2.05. The monoisotopic (exact) mass is 339 g/mol. The number of likely N-dealkylation sites (N-methyl/N-ethyl adjacent to an activating group) is 1. The average molecular weight is 339 g/mol. The third-order valence-electron chi connectivity index (χ3n) is 3.86. The Morgan fingerprint density at radius 3 is 2.57 bits per heavy atom. The van der Waals surface area contributed by atoms with Crippen molar-refractivity contribution in [3.05, 3.63) is 53.6 Å². The van der Waals surface area contributed by atoms with Gasteiger partial charge in [-0.3, -0.25) is 4.90 Å². The van der Waals surface area contributed by atoms with E-state index in [-0.39, 0.29) is 17.5 Å². The highest BCUT2D eigenvalue weighted by molar-refractivity contribution is 7.89. The molecular weight excluding hydrogens is 317 g/mol. The molecule has 1 aromatic heterocycles. The van der Waals surface area contributed by atoms with Crippen molar-refractivity contribution in [2.24, 2.45) is 7.05 Å². The van der Waals surface area contributed by atoms with Crippen molar-refractivity contribution in [2.75, 3.05) is 20.6 Å². The van der Waals surface area contributed by atoms with Crippen LogP contribution in [0.4, 0.5) is 4.39 Å². The molecule has 0 saturated carbocycles. The van der Waals surface area contributed by atoms with Gasteiger partial charge >= 0.3 is 0 Å². The minimum Gasteiger partial charge on any atom is -0.353 e. The lowest BCUT2D eigenvalue weighted by Crippen LogP contribution is -2.35. The van der Waals surface area contributed by atoms with Gasteiger partial charge in [0.1, 0.15) is 5.82 Å². The summed E-state index contributed by atoms with van der Waals surface area (Å²) in [6, 6.07) is 7.50. The van der Waals surface area contributed by atoms with Gasteiger partial charge in [-0.15, -0.1) is 0 Å². The van der Waals surface area contributed by atoms with E-state index >= 15 is 0 Å². The number of benzene rings is 1. The highest BCUT2D eigenvalue weighted by Gasteiger charge is 2.22. The van der Waals surface area contributed by atoms with Gasteiger partial charge in [-0.1, -0.05) is 6.07 Å². The van der Waals surface area contributed by atoms with Gasteiger partial charge in [-0.25, -0.2) is 17.5 Å². The second-order valence-electron chi connectivity index (χ2n) is 5.79. The van der Waals surface area contributed by atoms with Crippen molar-refractivity contribution in [1.29, 1.82) is 0 Å². The van der Waals surface area contributed by atoms with E-state index in [1.165, 1.54) is 12.1 Å². The Bertz CT molecular complexity index is 784. The topological polar surface area (TPSA) is 54.3 Å². The zero-order valence-electron chi connectivity index (χ0n) is 13.7. The highest BCUT2D eigenvalue weighted by Crippen LogP contribution is 2.20. The third kappa shape index (κ3) is 3.99. The summed E-state index contributed by atoms with van der Waals surface area (Å²) in [7, 11) is 1.92. The van der Waals surface area contributed by atoms with E-state index < -0.39 is 15.8 Å². The number of aryl methyl sites for hydroxylation is 2. The molecule has 1 N–H and O–H groups in total. The van der Waals surface area contributed by atoms with Crippen molar-refractivity contribution in [3.63, 3.8) is 0 Å². The first-order valence-electron chi connectivity index (χ1n) is 7.26. The molecule has 1 heterocycles. The van der Waals surface area contributed by atoms with Crippen molar-refractivity contribution in [2.45, 2.75) is 17.9 Å². The molecule has 23 heavy (non-hydrogen) atoms. The minimum atomic E-state index is -3.77. The molecule has 0 saturated heterocycles. The summed E-state index contributed by atoms with van der Waals surface area (Å²) in [6.45, 7) is 1.85. The van der Waals surface area contributed by atoms with E-state index in [0.29, 0.717) is 5.56 Å². The Morgan fingerprint density at radius 1 is 1.30 bits per heavy atom. The Labute approximate surface area is 136 Å². The first kappa shape index (κ1) is 17.7. The SMILES string of the molecule is Cc1ccc(F)cc1S(=O)(=O)NCC(c1cccn1C)N(C)C. The van der Waals surface area contributed by atoms with Gasteiger partial charge in [0.15, 0.2) is 0 Å². The molecule has 7 heteroatoms. The zero-order chi connectivity index (χ0) is 17.2. The van der Waals surface area contributed by atoms with Gasteiger partial charge in [0.05, 0.1) is 10.9 Å². The summed E-state index contributed by atoms with van der Waals surface area (Å²) in [5, 5.41) is 0. The minimum absolute atomic E-state index is 0.0260. The molecule has 0 aliphatic carbocycles. The molecule has 0 aliphatic rings. The molecule has 0 bridgehead atoms. The van der Waals surface area contributed by atoms with E-state index in [1.807, 2.05) is 48.9 Å². The summed E-state index contributed by atoms with van der Waals surface area (Å²) in [6.07, 6.45) is 1.91. The van der Waals surface area contributed by atoms with Crippen LogP contribution in [0.15, 0.2) is 41.4 Å². The normalized spacial score (nSPS) is 13.5. The van der Waals surface area contributed by atoms with E-state index in [9.17, 15) is 12.8 Å². The molecule has 0 fully saturated rings. The number of rotatable bonds is 6. The molecular formula is C16H22FN3O2S. The van der Waals surface area contributed by atoms with E-state index in [2.05, 4.69) is 4.72 Å². The van der Waals surface area contributed by atoms with Gasteiger partial charge in [0.2, 0.25) is 10.0 Å². The van der Waals surface area contributed by atoms with Crippen LogP contribution in [0.5, 0.6) is 0 Å². The quantitative estimate of drug-likeness (QED) is 0.876. The van der Waals surface area contributed by atoms with Gasteiger partial charge in [-0.05, 0) is 50.8 Å². The fraction of sp³-hybridized carbons (Fsp3) is 0.375. The summed E-state index contributed by atoms with van der Waals surface area (Å²) in [5.74, 6) is -0.567. The number of sulfonamides is 1. The standard InChI is InChI=1S/C16H22FN3O2S/c1-12-7-8-13(17)10-16(12)23(21,22)18-11-15(19(2)3)14-6-5-9-20(14)4/h5-10,15,18H,11H2,1-4H3. The fourth-order valence-electron chi connectivity index (χ4n) is 2.50. The lowest BCUT2D eigenvalue weighted by Gasteiger charge is -2.25. The smallest absolute Gasteiger partial charge is 0.240 e. The van der Waals surface area contributed by atoms with Crippen LogP contribution in [0.3, 0.4) is 0 Å². The Hall–Kier alpha value is -1.70. The van der Waals surface area contributed by atoms with Crippen LogP contribution in [0, 0.1) is 12.7 Å². The molecule has 2 rings (SSSR count).